The maximum Gasteiger partial charge on any atom is 0.270 e. The van der Waals surface area contributed by atoms with E-state index in [1.165, 1.54) is 12.1 Å². The third-order valence-electron chi connectivity index (χ3n) is 4.33. The Labute approximate surface area is 166 Å². The molecule has 4 rings (SSSR count). The van der Waals surface area contributed by atoms with Crippen molar-refractivity contribution in [2.75, 3.05) is 18.7 Å². The number of fused-ring (bicyclic) bond motifs is 1. The molecule has 0 saturated heterocycles. The Morgan fingerprint density at radius 1 is 1.07 bits per heavy atom. The number of aromatic nitrogens is 2. The van der Waals surface area contributed by atoms with E-state index in [4.69, 9.17) is 9.47 Å². The quantitative estimate of drug-likeness (QED) is 0.667. The van der Waals surface area contributed by atoms with E-state index in [0.717, 1.165) is 11.3 Å². The number of ether oxygens (including phenoxy) is 2. The van der Waals surface area contributed by atoms with Crippen LogP contribution in [0.1, 0.15) is 21.7 Å². The highest BCUT2D eigenvalue weighted by atomic mass is 19.1. The zero-order valence-electron chi connectivity index (χ0n) is 15.7. The smallest absolute Gasteiger partial charge is 0.270 e. The molecule has 8 heteroatoms. The number of nitrogens with one attached hydrogen (secondary N) is 2. The third kappa shape index (κ3) is 4.60. The van der Waals surface area contributed by atoms with E-state index < -0.39 is 0 Å². The summed E-state index contributed by atoms with van der Waals surface area (Å²) in [4.78, 5) is 21.1. The van der Waals surface area contributed by atoms with Crippen LogP contribution < -0.4 is 20.1 Å². The van der Waals surface area contributed by atoms with Gasteiger partial charge in [-0.15, -0.1) is 0 Å². The molecule has 0 bridgehead atoms. The number of aryl methyl sites for hydroxylation is 1. The fraction of sp³-hybridized carbons (Fsp3) is 0.190. The minimum absolute atomic E-state index is 0.196. The molecule has 29 heavy (non-hydrogen) atoms. The first-order valence-corrected chi connectivity index (χ1v) is 9.12. The van der Waals surface area contributed by atoms with Gasteiger partial charge in [-0.25, -0.2) is 14.4 Å². The van der Waals surface area contributed by atoms with Crippen molar-refractivity contribution in [2.45, 2.75) is 13.3 Å². The van der Waals surface area contributed by atoms with Gasteiger partial charge in [-0.3, -0.25) is 4.79 Å². The number of benzene rings is 2. The van der Waals surface area contributed by atoms with Crippen LogP contribution >= 0.6 is 0 Å². The molecule has 1 aliphatic rings. The molecule has 1 aliphatic heterocycles. The summed E-state index contributed by atoms with van der Waals surface area (Å²) in [6.07, 6.45) is 0.596. The highest BCUT2D eigenvalue weighted by molar-refractivity contribution is 5.92. The molecule has 3 aromatic rings. The molecule has 7 nitrogen and oxygen atoms in total. The summed E-state index contributed by atoms with van der Waals surface area (Å²) in [6, 6.07) is 13.2. The number of carbonyl (C=O) groups is 1. The Bertz CT molecular complexity index is 1040. The molecule has 1 aromatic heterocycles. The standard InChI is InChI=1S/C21H19FN4O3/c1-13-10-17(20(27)23-9-8-14-2-4-15(22)5-3-14)26-21(24-13)25-16-6-7-18-19(11-16)29-12-28-18/h2-7,10-11H,8-9,12H2,1H3,(H,23,27)(H,24,25,26). The maximum absolute atomic E-state index is 13.0. The Morgan fingerprint density at radius 3 is 2.69 bits per heavy atom. The lowest BCUT2D eigenvalue weighted by molar-refractivity contribution is 0.0949. The highest BCUT2D eigenvalue weighted by Crippen LogP contribution is 2.34. The molecule has 148 valence electrons. The first-order chi connectivity index (χ1) is 14.1. The van der Waals surface area contributed by atoms with Gasteiger partial charge in [0.1, 0.15) is 11.5 Å². The summed E-state index contributed by atoms with van der Waals surface area (Å²) in [7, 11) is 0. The SMILES string of the molecule is Cc1cc(C(=O)NCCc2ccc(F)cc2)nc(Nc2ccc3c(c2)OCO3)n1. The lowest BCUT2D eigenvalue weighted by Gasteiger charge is -2.09. The van der Waals surface area contributed by atoms with Crippen LogP contribution in [-0.4, -0.2) is 29.2 Å². The van der Waals surface area contributed by atoms with Gasteiger partial charge in [0.05, 0.1) is 0 Å². The van der Waals surface area contributed by atoms with Gasteiger partial charge in [0.15, 0.2) is 11.5 Å². The van der Waals surface area contributed by atoms with Crippen molar-refractivity contribution in [1.82, 2.24) is 15.3 Å². The van der Waals surface area contributed by atoms with Gasteiger partial charge >= 0.3 is 0 Å². The second-order valence-corrected chi connectivity index (χ2v) is 6.54. The zero-order valence-corrected chi connectivity index (χ0v) is 15.7. The summed E-state index contributed by atoms with van der Waals surface area (Å²) in [5.41, 5.74) is 2.59. The molecule has 2 aromatic carbocycles. The lowest BCUT2D eigenvalue weighted by atomic mass is 10.1. The molecule has 0 saturated carbocycles. The normalized spacial score (nSPS) is 11.9. The number of amides is 1. The number of halogens is 1. The first-order valence-electron chi connectivity index (χ1n) is 9.12. The highest BCUT2D eigenvalue weighted by Gasteiger charge is 2.15. The second-order valence-electron chi connectivity index (χ2n) is 6.54. The van der Waals surface area contributed by atoms with E-state index in [0.29, 0.717) is 36.1 Å². The number of hydrogen-bond donors (Lipinski definition) is 2. The Morgan fingerprint density at radius 2 is 1.86 bits per heavy atom. The Balaban J connectivity index is 1.40. The number of nitrogens with zero attached hydrogens (tertiary/aromatic N) is 2. The van der Waals surface area contributed by atoms with Crippen molar-refractivity contribution >= 4 is 17.5 Å². The molecular weight excluding hydrogens is 375 g/mol. The van der Waals surface area contributed by atoms with Crippen LogP contribution in [-0.2, 0) is 6.42 Å². The molecule has 0 fully saturated rings. The van der Waals surface area contributed by atoms with E-state index in [2.05, 4.69) is 20.6 Å². The van der Waals surface area contributed by atoms with E-state index in [1.54, 1.807) is 37.3 Å². The molecule has 0 atom stereocenters. The average molecular weight is 394 g/mol. The van der Waals surface area contributed by atoms with Crippen molar-refractivity contribution in [3.05, 3.63) is 71.3 Å². The predicted molar refractivity (Wildman–Crippen MR) is 105 cm³/mol. The van der Waals surface area contributed by atoms with Crippen LogP contribution in [0.25, 0.3) is 0 Å². The summed E-state index contributed by atoms with van der Waals surface area (Å²) < 4.78 is 23.6. The minimum Gasteiger partial charge on any atom is -0.454 e. The van der Waals surface area contributed by atoms with Crippen LogP contribution in [0.3, 0.4) is 0 Å². The van der Waals surface area contributed by atoms with Crippen LogP contribution in [0.5, 0.6) is 11.5 Å². The van der Waals surface area contributed by atoms with Crippen LogP contribution in [0, 0.1) is 12.7 Å². The molecule has 0 spiro atoms. The van der Waals surface area contributed by atoms with Crippen molar-refractivity contribution in [3.8, 4) is 11.5 Å². The van der Waals surface area contributed by atoms with Gasteiger partial charge in [-0.1, -0.05) is 12.1 Å². The molecule has 0 unspecified atom stereocenters. The molecule has 0 radical (unpaired) electrons. The van der Waals surface area contributed by atoms with Crippen LogP contribution in [0.2, 0.25) is 0 Å². The summed E-state index contributed by atoms with van der Waals surface area (Å²) in [5.74, 6) is 1.05. The average Bonchev–Trinajstić information content (AvgIpc) is 3.17. The third-order valence-corrected chi connectivity index (χ3v) is 4.33. The van der Waals surface area contributed by atoms with Gasteiger partial charge in [0, 0.05) is 24.0 Å². The van der Waals surface area contributed by atoms with Crippen molar-refractivity contribution in [2.24, 2.45) is 0 Å². The lowest BCUT2D eigenvalue weighted by Crippen LogP contribution is -2.27. The minimum atomic E-state index is -0.300. The van der Waals surface area contributed by atoms with Crippen LogP contribution in [0.15, 0.2) is 48.5 Å². The summed E-state index contributed by atoms with van der Waals surface area (Å²) in [5, 5.41) is 5.91. The van der Waals surface area contributed by atoms with Crippen LogP contribution in [0.4, 0.5) is 16.0 Å². The summed E-state index contributed by atoms with van der Waals surface area (Å²) >= 11 is 0. The van der Waals surface area contributed by atoms with Crippen molar-refractivity contribution in [3.63, 3.8) is 0 Å². The van der Waals surface area contributed by atoms with Gasteiger partial charge < -0.3 is 20.1 Å². The molecule has 0 aliphatic carbocycles. The topological polar surface area (TPSA) is 85.4 Å². The Kier molecular flexibility index (Phi) is 5.24. The fourth-order valence-corrected chi connectivity index (χ4v) is 2.91. The molecule has 2 heterocycles. The van der Waals surface area contributed by atoms with Crippen molar-refractivity contribution in [1.29, 1.82) is 0 Å². The largest absolute Gasteiger partial charge is 0.454 e. The van der Waals surface area contributed by atoms with Gasteiger partial charge in [-0.2, -0.15) is 0 Å². The van der Waals surface area contributed by atoms with E-state index in [9.17, 15) is 9.18 Å². The van der Waals surface area contributed by atoms with E-state index >= 15 is 0 Å². The molecular formula is C21H19FN4O3. The fourth-order valence-electron chi connectivity index (χ4n) is 2.91. The Hall–Kier alpha value is -3.68. The summed E-state index contributed by atoms with van der Waals surface area (Å²) in [6.45, 7) is 2.40. The maximum atomic E-state index is 13.0. The van der Waals surface area contributed by atoms with Crippen molar-refractivity contribution < 1.29 is 18.7 Å². The second kappa shape index (κ2) is 8.14. The van der Waals surface area contributed by atoms with Gasteiger partial charge in [-0.05, 0) is 49.2 Å². The van der Waals surface area contributed by atoms with E-state index in [-0.39, 0.29) is 24.2 Å². The van der Waals surface area contributed by atoms with Gasteiger partial charge in [0.25, 0.3) is 5.91 Å². The number of carbonyl (C=O) groups excluding carboxylic acids is 1. The van der Waals surface area contributed by atoms with E-state index in [1.807, 2.05) is 6.07 Å². The zero-order chi connectivity index (χ0) is 20.2. The number of rotatable bonds is 6. The molecule has 1 amide bonds. The monoisotopic (exact) mass is 394 g/mol. The first kappa shape index (κ1) is 18.7. The molecule has 2 N–H and O–H groups in total. The van der Waals surface area contributed by atoms with Gasteiger partial charge in [0.2, 0.25) is 12.7 Å². The number of hydrogen-bond acceptors (Lipinski definition) is 6. The predicted octanol–water partition coefficient (Wildman–Crippen LogP) is 3.37. The number of anilines is 2.